The third-order valence-corrected chi connectivity index (χ3v) is 2.90. The fraction of sp³-hybridized carbons (Fsp3) is 0.417. The van der Waals surface area contributed by atoms with Crippen LogP contribution in [0.5, 0.6) is 0 Å². The Hall–Kier alpha value is -1.35. The van der Waals surface area contributed by atoms with E-state index < -0.39 is 6.10 Å². The summed E-state index contributed by atoms with van der Waals surface area (Å²) in [5.74, 6) is 0.0295. The first-order chi connectivity index (χ1) is 7.11. The van der Waals surface area contributed by atoms with Crippen molar-refractivity contribution < 1.29 is 9.90 Å². The molecular formula is C12H15NO2. The molecule has 80 valence electrons. The molecule has 1 N–H and O–H groups in total. The number of anilines is 1. The summed E-state index contributed by atoms with van der Waals surface area (Å²) >= 11 is 0. The van der Waals surface area contributed by atoms with E-state index in [0.717, 1.165) is 11.3 Å². The standard InChI is InChI=1S/C12H15NO2/c1-8-7-12(15)10-5-3-4-6-11(10)13(8)9(2)14/h3-6,8,12,15H,7H2,1-2H3/t8-,12-/m0/s1. The predicted octanol–water partition coefficient (Wildman–Crippen LogP) is 1.87. The zero-order chi connectivity index (χ0) is 11.0. The lowest BCUT2D eigenvalue weighted by atomic mass is 9.94. The number of hydrogen-bond donors (Lipinski definition) is 1. The molecule has 1 aliphatic rings. The van der Waals surface area contributed by atoms with Crippen LogP contribution >= 0.6 is 0 Å². The summed E-state index contributed by atoms with van der Waals surface area (Å²) in [6.07, 6.45) is 0.156. The number of para-hydroxylation sites is 1. The van der Waals surface area contributed by atoms with E-state index in [4.69, 9.17) is 0 Å². The van der Waals surface area contributed by atoms with Gasteiger partial charge < -0.3 is 10.0 Å². The van der Waals surface area contributed by atoms with E-state index in [9.17, 15) is 9.90 Å². The number of benzene rings is 1. The van der Waals surface area contributed by atoms with Crippen LogP contribution in [-0.2, 0) is 4.79 Å². The average molecular weight is 205 g/mol. The van der Waals surface area contributed by atoms with E-state index >= 15 is 0 Å². The summed E-state index contributed by atoms with van der Waals surface area (Å²) in [5, 5.41) is 9.89. The lowest BCUT2D eigenvalue weighted by Gasteiger charge is -2.36. The van der Waals surface area contributed by atoms with Crippen LogP contribution in [0.2, 0.25) is 0 Å². The topological polar surface area (TPSA) is 40.5 Å². The minimum absolute atomic E-state index is 0.0295. The van der Waals surface area contributed by atoms with E-state index in [2.05, 4.69) is 0 Å². The van der Waals surface area contributed by atoms with Gasteiger partial charge in [0, 0.05) is 24.2 Å². The first-order valence-electron chi connectivity index (χ1n) is 5.18. The first kappa shape index (κ1) is 10.2. The normalized spacial score (nSPS) is 24.9. The molecule has 0 radical (unpaired) electrons. The molecule has 2 rings (SSSR count). The fourth-order valence-electron chi connectivity index (χ4n) is 2.26. The van der Waals surface area contributed by atoms with Crippen LogP contribution in [0.3, 0.4) is 0 Å². The number of nitrogens with zero attached hydrogens (tertiary/aromatic N) is 1. The van der Waals surface area contributed by atoms with Gasteiger partial charge in [-0.05, 0) is 19.4 Å². The van der Waals surface area contributed by atoms with Crippen molar-refractivity contribution in [1.82, 2.24) is 0 Å². The van der Waals surface area contributed by atoms with Crippen molar-refractivity contribution in [2.75, 3.05) is 4.90 Å². The molecule has 1 amide bonds. The van der Waals surface area contributed by atoms with Crippen LogP contribution < -0.4 is 4.90 Å². The van der Waals surface area contributed by atoms with E-state index in [1.165, 1.54) is 0 Å². The zero-order valence-corrected chi connectivity index (χ0v) is 8.97. The predicted molar refractivity (Wildman–Crippen MR) is 58.6 cm³/mol. The summed E-state index contributed by atoms with van der Waals surface area (Å²) in [6, 6.07) is 7.60. The highest BCUT2D eigenvalue weighted by molar-refractivity contribution is 5.93. The highest BCUT2D eigenvalue weighted by atomic mass is 16.3. The van der Waals surface area contributed by atoms with Gasteiger partial charge in [0.25, 0.3) is 0 Å². The molecule has 0 fully saturated rings. The average Bonchev–Trinajstić information content (AvgIpc) is 2.17. The molecule has 1 heterocycles. The number of hydrogen-bond acceptors (Lipinski definition) is 2. The first-order valence-corrected chi connectivity index (χ1v) is 5.18. The second-order valence-electron chi connectivity index (χ2n) is 4.05. The molecule has 0 bridgehead atoms. The summed E-state index contributed by atoms with van der Waals surface area (Å²) in [5.41, 5.74) is 1.70. The smallest absolute Gasteiger partial charge is 0.224 e. The minimum Gasteiger partial charge on any atom is -0.388 e. The Morgan fingerprint density at radius 1 is 1.47 bits per heavy atom. The third kappa shape index (κ3) is 1.63. The van der Waals surface area contributed by atoms with Gasteiger partial charge in [0.1, 0.15) is 0 Å². The molecule has 15 heavy (non-hydrogen) atoms. The van der Waals surface area contributed by atoms with E-state index in [0.29, 0.717) is 6.42 Å². The maximum absolute atomic E-state index is 11.5. The van der Waals surface area contributed by atoms with Crippen LogP contribution in [0.1, 0.15) is 31.9 Å². The summed E-state index contributed by atoms with van der Waals surface area (Å²) in [6.45, 7) is 3.52. The van der Waals surface area contributed by atoms with Gasteiger partial charge in [-0.3, -0.25) is 4.79 Å². The van der Waals surface area contributed by atoms with E-state index in [-0.39, 0.29) is 11.9 Å². The molecule has 0 spiro atoms. The molecule has 1 aromatic rings. The molecule has 0 unspecified atom stereocenters. The Labute approximate surface area is 89.3 Å². The summed E-state index contributed by atoms with van der Waals surface area (Å²) in [7, 11) is 0. The van der Waals surface area contributed by atoms with Crippen LogP contribution in [0, 0.1) is 0 Å². The van der Waals surface area contributed by atoms with Crippen molar-refractivity contribution in [3.63, 3.8) is 0 Å². The number of fused-ring (bicyclic) bond motifs is 1. The van der Waals surface area contributed by atoms with Crippen LogP contribution in [0.4, 0.5) is 5.69 Å². The van der Waals surface area contributed by atoms with Crippen molar-refractivity contribution >= 4 is 11.6 Å². The Balaban J connectivity index is 2.51. The van der Waals surface area contributed by atoms with Crippen molar-refractivity contribution in [3.05, 3.63) is 29.8 Å². The fourth-order valence-corrected chi connectivity index (χ4v) is 2.26. The molecule has 2 atom stereocenters. The Bertz CT molecular complexity index is 389. The van der Waals surface area contributed by atoms with E-state index in [1.807, 2.05) is 31.2 Å². The summed E-state index contributed by atoms with van der Waals surface area (Å²) in [4.78, 5) is 13.3. The van der Waals surface area contributed by atoms with Crippen LogP contribution in [0.25, 0.3) is 0 Å². The second-order valence-corrected chi connectivity index (χ2v) is 4.05. The molecule has 1 aliphatic heterocycles. The molecule has 3 heteroatoms. The zero-order valence-electron chi connectivity index (χ0n) is 8.97. The van der Waals surface area contributed by atoms with Crippen LogP contribution in [0.15, 0.2) is 24.3 Å². The monoisotopic (exact) mass is 205 g/mol. The van der Waals surface area contributed by atoms with Gasteiger partial charge in [-0.15, -0.1) is 0 Å². The van der Waals surface area contributed by atoms with Gasteiger partial charge in [-0.25, -0.2) is 0 Å². The number of aliphatic hydroxyl groups excluding tert-OH is 1. The Kier molecular flexibility index (Phi) is 2.49. The highest BCUT2D eigenvalue weighted by Gasteiger charge is 2.30. The van der Waals surface area contributed by atoms with Crippen LogP contribution in [-0.4, -0.2) is 17.1 Å². The number of carbonyl (C=O) groups excluding carboxylic acids is 1. The third-order valence-electron chi connectivity index (χ3n) is 2.90. The Morgan fingerprint density at radius 3 is 2.80 bits per heavy atom. The summed E-state index contributed by atoms with van der Waals surface area (Å²) < 4.78 is 0. The molecule has 0 saturated carbocycles. The minimum atomic E-state index is -0.452. The van der Waals surface area contributed by atoms with Gasteiger partial charge in [0.05, 0.1) is 6.10 Å². The number of rotatable bonds is 0. The maximum atomic E-state index is 11.5. The quantitative estimate of drug-likeness (QED) is 0.702. The van der Waals surface area contributed by atoms with E-state index in [1.54, 1.807) is 11.8 Å². The molecule has 0 aliphatic carbocycles. The van der Waals surface area contributed by atoms with Crippen molar-refractivity contribution in [1.29, 1.82) is 0 Å². The molecule has 0 aromatic heterocycles. The van der Waals surface area contributed by atoms with Gasteiger partial charge in [0.15, 0.2) is 0 Å². The molecule has 1 aromatic carbocycles. The largest absolute Gasteiger partial charge is 0.388 e. The van der Waals surface area contributed by atoms with Crippen molar-refractivity contribution in [2.45, 2.75) is 32.4 Å². The Morgan fingerprint density at radius 2 is 2.13 bits per heavy atom. The lowest BCUT2D eigenvalue weighted by Crippen LogP contribution is -2.41. The van der Waals surface area contributed by atoms with Crippen molar-refractivity contribution in [3.8, 4) is 0 Å². The second kappa shape index (κ2) is 3.66. The number of carbonyl (C=O) groups is 1. The molecule has 0 saturated heterocycles. The van der Waals surface area contributed by atoms with Crippen molar-refractivity contribution in [2.24, 2.45) is 0 Å². The highest BCUT2D eigenvalue weighted by Crippen LogP contribution is 2.36. The SMILES string of the molecule is CC(=O)N1c2ccccc2[C@@H](O)C[C@@H]1C. The van der Waals surface area contributed by atoms with Gasteiger partial charge >= 0.3 is 0 Å². The lowest BCUT2D eigenvalue weighted by molar-refractivity contribution is -0.117. The number of aliphatic hydroxyl groups is 1. The molecular weight excluding hydrogens is 190 g/mol. The number of amides is 1. The maximum Gasteiger partial charge on any atom is 0.224 e. The molecule has 3 nitrogen and oxygen atoms in total. The van der Waals surface area contributed by atoms with Gasteiger partial charge in [-0.2, -0.15) is 0 Å². The van der Waals surface area contributed by atoms with Gasteiger partial charge in [0.2, 0.25) is 5.91 Å². The van der Waals surface area contributed by atoms with Gasteiger partial charge in [-0.1, -0.05) is 18.2 Å².